The first kappa shape index (κ1) is 20.3. The van der Waals surface area contributed by atoms with Crippen LogP contribution in [0.25, 0.3) is 0 Å². The van der Waals surface area contributed by atoms with E-state index in [1.54, 1.807) is 12.1 Å². The molecule has 2 heterocycles. The van der Waals surface area contributed by atoms with Crippen molar-refractivity contribution >= 4 is 28.9 Å². The van der Waals surface area contributed by atoms with Crippen LogP contribution in [0.1, 0.15) is 24.0 Å². The molecule has 1 saturated carbocycles. The van der Waals surface area contributed by atoms with E-state index >= 15 is 0 Å². The number of nitrogens with zero attached hydrogens (tertiary/aromatic N) is 3. The van der Waals surface area contributed by atoms with Gasteiger partial charge < -0.3 is 10.2 Å². The Bertz CT molecular complexity index is 1010. The van der Waals surface area contributed by atoms with Gasteiger partial charge in [-0.2, -0.15) is 0 Å². The second-order valence-corrected chi connectivity index (χ2v) is 9.22. The molecule has 5 rings (SSSR count). The molecule has 1 saturated heterocycles. The van der Waals surface area contributed by atoms with Crippen LogP contribution in [0.4, 0.5) is 11.4 Å². The zero-order valence-electron chi connectivity index (χ0n) is 17.2. The second kappa shape index (κ2) is 8.13. The number of carbonyl (C=O) groups is 1. The number of anilines is 1. The van der Waals surface area contributed by atoms with Crippen LogP contribution >= 0.6 is 11.6 Å². The van der Waals surface area contributed by atoms with Crippen molar-refractivity contribution in [2.24, 2.45) is 5.92 Å². The fourth-order valence-electron chi connectivity index (χ4n) is 4.81. The second-order valence-electron chi connectivity index (χ2n) is 8.79. The first-order valence-electron chi connectivity index (χ1n) is 10.8. The number of hydrogen-bond acceptors (Lipinski definition) is 5. The summed E-state index contributed by atoms with van der Waals surface area (Å²) in [6, 6.07) is 13.3. The quantitative estimate of drug-likeness (QED) is 0.569. The summed E-state index contributed by atoms with van der Waals surface area (Å²) >= 11 is 6.02. The molecule has 1 amide bonds. The number of hydrogen-bond donors (Lipinski definition) is 1. The van der Waals surface area contributed by atoms with E-state index in [-0.39, 0.29) is 28.5 Å². The molecule has 0 aromatic heterocycles. The van der Waals surface area contributed by atoms with Crippen LogP contribution in [0, 0.1) is 16.0 Å². The predicted molar refractivity (Wildman–Crippen MR) is 119 cm³/mol. The lowest BCUT2D eigenvalue weighted by molar-refractivity contribution is -0.384. The van der Waals surface area contributed by atoms with Crippen molar-refractivity contribution in [1.29, 1.82) is 0 Å². The molecule has 31 heavy (non-hydrogen) atoms. The topological polar surface area (TPSA) is 78.7 Å². The van der Waals surface area contributed by atoms with Crippen molar-refractivity contribution in [3.05, 3.63) is 68.7 Å². The van der Waals surface area contributed by atoms with E-state index in [9.17, 15) is 14.9 Å². The molecule has 3 aliphatic rings. The minimum Gasteiger partial charge on any atom is -0.365 e. The molecule has 2 atom stereocenters. The molecule has 2 aromatic carbocycles. The van der Waals surface area contributed by atoms with Gasteiger partial charge >= 0.3 is 0 Å². The first-order valence-corrected chi connectivity index (χ1v) is 11.2. The molecule has 2 aromatic rings. The van der Waals surface area contributed by atoms with E-state index in [4.69, 9.17) is 11.6 Å². The summed E-state index contributed by atoms with van der Waals surface area (Å²) in [7, 11) is 0. The first-order chi connectivity index (χ1) is 15.0. The van der Waals surface area contributed by atoms with Gasteiger partial charge in [0, 0.05) is 55.1 Å². The van der Waals surface area contributed by atoms with E-state index in [1.165, 1.54) is 5.56 Å². The minimum absolute atomic E-state index is 0.0498. The molecule has 8 heteroatoms. The van der Waals surface area contributed by atoms with Crippen LogP contribution in [0.15, 0.2) is 42.5 Å². The third-order valence-electron chi connectivity index (χ3n) is 6.57. The lowest BCUT2D eigenvalue weighted by Crippen LogP contribution is -2.61. The lowest BCUT2D eigenvalue weighted by atomic mass is 9.83. The van der Waals surface area contributed by atoms with Crippen LogP contribution in [0.5, 0.6) is 0 Å². The van der Waals surface area contributed by atoms with Crippen molar-refractivity contribution in [2.75, 3.05) is 24.5 Å². The van der Waals surface area contributed by atoms with Crippen LogP contribution in [0.2, 0.25) is 5.02 Å². The number of benzene rings is 2. The van der Waals surface area contributed by atoms with E-state index in [2.05, 4.69) is 15.1 Å². The Labute approximate surface area is 186 Å². The molecule has 1 N–H and O–H groups in total. The molecule has 1 aliphatic carbocycles. The van der Waals surface area contributed by atoms with Gasteiger partial charge in [-0.05, 0) is 48.6 Å². The smallest absolute Gasteiger partial charge is 0.269 e. The summed E-state index contributed by atoms with van der Waals surface area (Å²) in [4.78, 5) is 28.7. The SMILES string of the molecule is O=C(NC1CC1)[C@H]1Cc2cc([N+](=O)[O-])ccc2N2CCN(Cc3ccc(Cl)cc3)C[C@H]12. The molecular formula is C23H25ClN4O3. The molecule has 2 aliphatic heterocycles. The third kappa shape index (κ3) is 4.25. The van der Waals surface area contributed by atoms with Gasteiger partial charge in [-0.25, -0.2) is 0 Å². The number of fused-ring (bicyclic) bond motifs is 3. The maximum absolute atomic E-state index is 13.1. The third-order valence-corrected chi connectivity index (χ3v) is 6.82. The van der Waals surface area contributed by atoms with E-state index in [0.29, 0.717) is 12.5 Å². The summed E-state index contributed by atoms with van der Waals surface area (Å²) < 4.78 is 0. The van der Waals surface area contributed by atoms with Gasteiger partial charge in [-0.15, -0.1) is 0 Å². The number of nitrogens with one attached hydrogen (secondary N) is 1. The molecule has 2 fully saturated rings. The number of rotatable bonds is 5. The molecule has 0 radical (unpaired) electrons. The summed E-state index contributed by atoms with van der Waals surface area (Å²) in [5, 5.41) is 15.2. The highest BCUT2D eigenvalue weighted by atomic mass is 35.5. The van der Waals surface area contributed by atoms with E-state index < -0.39 is 0 Å². The summed E-state index contributed by atoms with van der Waals surface area (Å²) in [5.41, 5.74) is 3.20. The highest BCUT2D eigenvalue weighted by Crippen LogP contribution is 2.38. The van der Waals surface area contributed by atoms with Crippen molar-refractivity contribution in [2.45, 2.75) is 37.9 Å². The number of carbonyl (C=O) groups excluding carboxylic acids is 1. The largest absolute Gasteiger partial charge is 0.365 e. The highest BCUT2D eigenvalue weighted by molar-refractivity contribution is 6.30. The predicted octanol–water partition coefficient (Wildman–Crippen LogP) is 3.39. The van der Waals surface area contributed by atoms with Gasteiger partial charge in [-0.1, -0.05) is 23.7 Å². The van der Waals surface area contributed by atoms with Crippen LogP contribution < -0.4 is 10.2 Å². The van der Waals surface area contributed by atoms with Gasteiger partial charge in [0.25, 0.3) is 5.69 Å². The molecular weight excluding hydrogens is 416 g/mol. The standard InChI is InChI=1S/C23H25ClN4O3/c24-17-3-1-15(2-4-17)13-26-9-10-27-21-8-7-19(28(30)31)11-16(21)12-20(22(27)14-26)23(29)25-18-5-6-18/h1-4,7-8,11,18,20,22H,5-6,9-10,12-14H2,(H,25,29)/t20-,22+/m0/s1. The minimum atomic E-state index is -0.365. The van der Waals surface area contributed by atoms with Gasteiger partial charge in [0.05, 0.1) is 16.9 Å². The van der Waals surface area contributed by atoms with E-state index in [0.717, 1.165) is 55.3 Å². The normalized spacial score (nSPS) is 23.1. The number of non-ortho nitro benzene ring substituents is 1. The molecule has 7 nitrogen and oxygen atoms in total. The number of nitro groups is 1. The lowest BCUT2D eigenvalue weighted by Gasteiger charge is -2.49. The van der Waals surface area contributed by atoms with Crippen LogP contribution in [0.3, 0.4) is 0 Å². The van der Waals surface area contributed by atoms with Crippen LogP contribution in [-0.4, -0.2) is 47.4 Å². The fourth-order valence-corrected chi connectivity index (χ4v) is 4.94. The Morgan fingerprint density at radius 1 is 1.16 bits per heavy atom. The Morgan fingerprint density at radius 3 is 2.65 bits per heavy atom. The van der Waals surface area contributed by atoms with Gasteiger partial charge in [0.15, 0.2) is 0 Å². The van der Waals surface area contributed by atoms with Crippen molar-refractivity contribution < 1.29 is 9.72 Å². The Morgan fingerprint density at radius 2 is 1.94 bits per heavy atom. The van der Waals surface area contributed by atoms with Gasteiger partial charge in [0.2, 0.25) is 5.91 Å². The number of nitro benzene ring substituents is 1. The zero-order chi connectivity index (χ0) is 21.5. The zero-order valence-corrected chi connectivity index (χ0v) is 17.9. The fraction of sp³-hybridized carbons (Fsp3) is 0.435. The number of piperazine rings is 1. The Kier molecular flexibility index (Phi) is 5.32. The Hall–Kier alpha value is -2.64. The molecule has 0 bridgehead atoms. The summed E-state index contributed by atoms with van der Waals surface area (Å²) in [5.74, 6) is -0.147. The van der Waals surface area contributed by atoms with Gasteiger partial charge in [-0.3, -0.25) is 19.8 Å². The van der Waals surface area contributed by atoms with Crippen molar-refractivity contribution in [3.63, 3.8) is 0 Å². The average Bonchev–Trinajstić information content (AvgIpc) is 3.58. The van der Waals surface area contributed by atoms with Crippen molar-refractivity contribution in [3.8, 4) is 0 Å². The Balaban J connectivity index is 1.41. The van der Waals surface area contributed by atoms with Gasteiger partial charge in [0.1, 0.15) is 0 Å². The molecule has 162 valence electrons. The average molecular weight is 441 g/mol. The number of amides is 1. The maximum Gasteiger partial charge on any atom is 0.269 e. The highest BCUT2D eigenvalue weighted by Gasteiger charge is 2.43. The van der Waals surface area contributed by atoms with Crippen molar-refractivity contribution in [1.82, 2.24) is 10.2 Å². The molecule has 0 unspecified atom stereocenters. The molecule has 0 spiro atoms. The van der Waals surface area contributed by atoms with E-state index in [1.807, 2.05) is 30.3 Å². The van der Waals surface area contributed by atoms with Crippen LogP contribution in [-0.2, 0) is 17.8 Å². The summed E-state index contributed by atoms with van der Waals surface area (Å²) in [6.45, 7) is 3.25. The monoisotopic (exact) mass is 440 g/mol. The summed E-state index contributed by atoms with van der Waals surface area (Å²) in [6.07, 6.45) is 2.61. The number of halogens is 1. The maximum atomic E-state index is 13.1.